The van der Waals surface area contributed by atoms with Crippen LogP contribution in [-0.4, -0.2) is 7.11 Å². The highest BCUT2D eigenvalue weighted by Crippen LogP contribution is 2.25. The van der Waals surface area contributed by atoms with E-state index in [1.54, 1.807) is 7.11 Å². The van der Waals surface area contributed by atoms with Gasteiger partial charge < -0.3 is 16.2 Å². The van der Waals surface area contributed by atoms with Crippen molar-refractivity contribution in [2.45, 2.75) is 19.5 Å². The minimum Gasteiger partial charge on any atom is -0.497 e. The molecular weight excluding hydrogens is 236 g/mol. The fourth-order valence-electron chi connectivity index (χ4n) is 2.16. The molecule has 0 fully saturated rings. The van der Waals surface area contributed by atoms with Crippen LogP contribution in [0.1, 0.15) is 28.3 Å². The third kappa shape index (κ3) is 2.95. The molecule has 3 heteroatoms. The number of ether oxygens (including phenoxy) is 1. The lowest BCUT2D eigenvalue weighted by atomic mass is 9.95. The lowest BCUT2D eigenvalue weighted by molar-refractivity contribution is 0.414. The van der Waals surface area contributed by atoms with Crippen LogP contribution in [0.3, 0.4) is 0 Å². The van der Waals surface area contributed by atoms with Crippen LogP contribution in [0, 0.1) is 6.92 Å². The van der Waals surface area contributed by atoms with Crippen molar-refractivity contribution < 1.29 is 4.74 Å². The first-order chi connectivity index (χ1) is 9.15. The van der Waals surface area contributed by atoms with Crippen molar-refractivity contribution in [2.75, 3.05) is 7.11 Å². The molecule has 0 heterocycles. The van der Waals surface area contributed by atoms with Crippen molar-refractivity contribution in [1.82, 2.24) is 0 Å². The Labute approximate surface area is 114 Å². The van der Waals surface area contributed by atoms with E-state index >= 15 is 0 Å². The van der Waals surface area contributed by atoms with Crippen LogP contribution in [0.2, 0.25) is 0 Å². The maximum Gasteiger partial charge on any atom is 0.119 e. The van der Waals surface area contributed by atoms with Gasteiger partial charge in [0.1, 0.15) is 5.75 Å². The van der Waals surface area contributed by atoms with Gasteiger partial charge >= 0.3 is 0 Å². The average Bonchev–Trinajstić information content (AvgIpc) is 2.46. The van der Waals surface area contributed by atoms with E-state index in [1.165, 1.54) is 0 Å². The van der Waals surface area contributed by atoms with Crippen LogP contribution in [0.5, 0.6) is 5.75 Å². The van der Waals surface area contributed by atoms with E-state index < -0.39 is 0 Å². The lowest BCUT2D eigenvalue weighted by Crippen LogP contribution is -2.13. The highest BCUT2D eigenvalue weighted by molar-refractivity contribution is 5.41. The molecule has 4 N–H and O–H groups in total. The van der Waals surface area contributed by atoms with E-state index in [0.717, 1.165) is 28.0 Å². The fraction of sp³-hybridized carbons (Fsp3) is 0.250. The number of nitrogens with two attached hydrogens (primary N) is 2. The van der Waals surface area contributed by atoms with Crippen molar-refractivity contribution in [3.8, 4) is 5.75 Å². The lowest BCUT2D eigenvalue weighted by Gasteiger charge is -2.16. The van der Waals surface area contributed by atoms with Gasteiger partial charge in [-0.1, -0.05) is 30.3 Å². The molecule has 0 aliphatic carbocycles. The van der Waals surface area contributed by atoms with Crippen molar-refractivity contribution in [2.24, 2.45) is 11.5 Å². The van der Waals surface area contributed by atoms with E-state index in [4.69, 9.17) is 16.2 Å². The molecule has 0 saturated heterocycles. The number of hydrogen-bond acceptors (Lipinski definition) is 3. The largest absolute Gasteiger partial charge is 0.497 e. The predicted molar refractivity (Wildman–Crippen MR) is 78.1 cm³/mol. The smallest absolute Gasteiger partial charge is 0.119 e. The first-order valence-corrected chi connectivity index (χ1v) is 6.34. The van der Waals surface area contributed by atoms with Crippen LogP contribution < -0.4 is 16.2 Å². The number of methoxy groups -OCH3 is 1. The van der Waals surface area contributed by atoms with E-state index in [9.17, 15) is 0 Å². The predicted octanol–water partition coefficient (Wildman–Crippen LogP) is 2.51. The van der Waals surface area contributed by atoms with E-state index in [2.05, 4.69) is 0 Å². The number of benzene rings is 2. The summed E-state index contributed by atoms with van der Waals surface area (Å²) in [7, 11) is 1.67. The monoisotopic (exact) mass is 256 g/mol. The summed E-state index contributed by atoms with van der Waals surface area (Å²) >= 11 is 0. The molecule has 0 radical (unpaired) electrons. The van der Waals surface area contributed by atoms with Crippen molar-refractivity contribution in [3.05, 3.63) is 64.7 Å². The summed E-state index contributed by atoms with van der Waals surface area (Å²) in [6.45, 7) is 2.60. The first-order valence-electron chi connectivity index (χ1n) is 6.34. The molecule has 2 rings (SSSR count). The zero-order valence-electron chi connectivity index (χ0n) is 11.4. The van der Waals surface area contributed by atoms with Crippen LogP contribution >= 0.6 is 0 Å². The molecule has 19 heavy (non-hydrogen) atoms. The maximum atomic E-state index is 6.33. The Hall–Kier alpha value is -1.84. The molecule has 1 unspecified atom stereocenters. The fourth-order valence-corrected chi connectivity index (χ4v) is 2.16. The molecular formula is C16H20N2O. The SMILES string of the molecule is COc1ccc(C(N)c2ccc(CN)cc2)c(C)c1. The van der Waals surface area contributed by atoms with Gasteiger partial charge in [-0.25, -0.2) is 0 Å². The molecule has 0 aliphatic rings. The van der Waals surface area contributed by atoms with E-state index in [0.29, 0.717) is 6.54 Å². The standard InChI is InChI=1S/C16H20N2O/c1-11-9-14(19-2)7-8-15(11)16(18)13-5-3-12(10-17)4-6-13/h3-9,16H,10,17-18H2,1-2H3. The Morgan fingerprint density at radius 3 is 2.32 bits per heavy atom. The normalized spacial score (nSPS) is 12.2. The molecule has 0 spiro atoms. The van der Waals surface area contributed by atoms with Gasteiger partial charge in [0.2, 0.25) is 0 Å². The number of hydrogen-bond donors (Lipinski definition) is 2. The Balaban J connectivity index is 2.29. The minimum atomic E-state index is -0.127. The van der Waals surface area contributed by atoms with Gasteiger partial charge in [-0.05, 0) is 41.3 Å². The molecule has 2 aromatic rings. The summed E-state index contributed by atoms with van der Waals surface area (Å²) < 4.78 is 5.21. The van der Waals surface area contributed by atoms with Crippen molar-refractivity contribution in [1.29, 1.82) is 0 Å². The van der Waals surface area contributed by atoms with Gasteiger partial charge in [-0.3, -0.25) is 0 Å². The van der Waals surface area contributed by atoms with Crippen LogP contribution in [0.15, 0.2) is 42.5 Å². The summed E-state index contributed by atoms with van der Waals surface area (Å²) in [6, 6.07) is 14.0. The second-order valence-electron chi connectivity index (χ2n) is 4.65. The Bertz CT molecular complexity index is 549. The van der Waals surface area contributed by atoms with Crippen LogP contribution in [0.25, 0.3) is 0 Å². The highest BCUT2D eigenvalue weighted by Gasteiger charge is 2.11. The quantitative estimate of drug-likeness (QED) is 0.883. The minimum absolute atomic E-state index is 0.127. The van der Waals surface area contributed by atoms with Crippen LogP contribution in [0.4, 0.5) is 0 Å². The first kappa shape index (κ1) is 13.6. The van der Waals surface area contributed by atoms with Gasteiger partial charge in [-0.2, -0.15) is 0 Å². The van der Waals surface area contributed by atoms with E-state index in [1.807, 2.05) is 49.4 Å². The maximum absolute atomic E-state index is 6.33. The Kier molecular flexibility index (Phi) is 4.20. The van der Waals surface area contributed by atoms with Gasteiger partial charge in [0, 0.05) is 6.54 Å². The molecule has 0 aliphatic heterocycles. The molecule has 1 atom stereocenters. The second-order valence-corrected chi connectivity index (χ2v) is 4.65. The number of rotatable bonds is 4. The third-order valence-electron chi connectivity index (χ3n) is 3.39. The molecule has 0 aromatic heterocycles. The van der Waals surface area contributed by atoms with Crippen molar-refractivity contribution in [3.63, 3.8) is 0 Å². The van der Waals surface area contributed by atoms with Gasteiger partial charge in [0.15, 0.2) is 0 Å². The Morgan fingerprint density at radius 2 is 1.79 bits per heavy atom. The van der Waals surface area contributed by atoms with Gasteiger partial charge in [0.05, 0.1) is 13.2 Å². The molecule has 2 aromatic carbocycles. The summed E-state index contributed by atoms with van der Waals surface area (Å²) in [5.74, 6) is 0.854. The highest BCUT2D eigenvalue weighted by atomic mass is 16.5. The Morgan fingerprint density at radius 1 is 1.11 bits per heavy atom. The average molecular weight is 256 g/mol. The number of aryl methyl sites for hydroxylation is 1. The molecule has 0 saturated carbocycles. The molecule has 3 nitrogen and oxygen atoms in total. The van der Waals surface area contributed by atoms with Crippen molar-refractivity contribution >= 4 is 0 Å². The summed E-state index contributed by atoms with van der Waals surface area (Å²) in [4.78, 5) is 0. The molecule has 0 bridgehead atoms. The topological polar surface area (TPSA) is 61.3 Å². The summed E-state index contributed by atoms with van der Waals surface area (Å²) in [5, 5.41) is 0. The second kappa shape index (κ2) is 5.87. The summed E-state index contributed by atoms with van der Waals surface area (Å²) in [6.07, 6.45) is 0. The van der Waals surface area contributed by atoms with Gasteiger partial charge in [0.25, 0.3) is 0 Å². The van der Waals surface area contributed by atoms with E-state index in [-0.39, 0.29) is 6.04 Å². The summed E-state index contributed by atoms with van der Waals surface area (Å²) in [5.41, 5.74) is 16.4. The zero-order chi connectivity index (χ0) is 13.8. The third-order valence-corrected chi connectivity index (χ3v) is 3.39. The zero-order valence-corrected chi connectivity index (χ0v) is 11.4. The van der Waals surface area contributed by atoms with Gasteiger partial charge in [-0.15, -0.1) is 0 Å². The molecule has 0 amide bonds. The van der Waals surface area contributed by atoms with Crippen LogP contribution in [-0.2, 0) is 6.54 Å². The molecule has 100 valence electrons.